The SMILES string of the molecule is COC(=O)CNC(=O)Cc1ccc(NC(=O)CC2CSCCN2)cc1. The van der Waals surface area contributed by atoms with E-state index >= 15 is 0 Å². The summed E-state index contributed by atoms with van der Waals surface area (Å²) >= 11 is 1.86. The van der Waals surface area contributed by atoms with E-state index in [4.69, 9.17) is 0 Å². The van der Waals surface area contributed by atoms with Crippen LogP contribution in [0, 0.1) is 0 Å². The first-order chi connectivity index (χ1) is 12.1. The molecule has 2 rings (SSSR count). The molecule has 1 aromatic carbocycles. The largest absolute Gasteiger partial charge is 0.468 e. The lowest BCUT2D eigenvalue weighted by Gasteiger charge is -2.22. The topological polar surface area (TPSA) is 96.5 Å². The van der Waals surface area contributed by atoms with E-state index in [9.17, 15) is 14.4 Å². The molecular weight excluding hydrogens is 342 g/mol. The Morgan fingerprint density at radius 3 is 2.64 bits per heavy atom. The number of benzene rings is 1. The Kier molecular flexibility index (Phi) is 7.75. The van der Waals surface area contributed by atoms with Gasteiger partial charge in [0.1, 0.15) is 6.54 Å². The Morgan fingerprint density at radius 1 is 1.24 bits per heavy atom. The molecule has 0 aliphatic carbocycles. The summed E-state index contributed by atoms with van der Waals surface area (Å²) in [6.07, 6.45) is 0.610. The van der Waals surface area contributed by atoms with Crippen LogP contribution in [0.2, 0.25) is 0 Å². The van der Waals surface area contributed by atoms with Gasteiger partial charge in [0.05, 0.1) is 13.5 Å². The van der Waals surface area contributed by atoms with Gasteiger partial charge in [-0.3, -0.25) is 14.4 Å². The molecule has 0 radical (unpaired) electrons. The molecule has 1 aliphatic heterocycles. The summed E-state index contributed by atoms with van der Waals surface area (Å²) in [5.74, 6) is 1.27. The second-order valence-corrected chi connectivity index (χ2v) is 6.85. The number of anilines is 1. The van der Waals surface area contributed by atoms with Gasteiger partial charge in [0.25, 0.3) is 0 Å². The summed E-state index contributed by atoms with van der Waals surface area (Å²) in [6, 6.07) is 7.31. The molecule has 0 aromatic heterocycles. The van der Waals surface area contributed by atoms with Crippen molar-refractivity contribution in [3.63, 3.8) is 0 Å². The first kappa shape index (κ1) is 19.3. The molecule has 25 heavy (non-hydrogen) atoms. The summed E-state index contributed by atoms with van der Waals surface area (Å²) in [6.45, 7) is 0.798. The highest BCUT2D eigenvalue weighted by atomic mass is 32.2. The van der Waals surface area contributed by atoms with Gasteiger partial charge in [-0.2, -0.15) is 11.8 Å². The zero-order chi connectivity index (χ0) is 18.1. The van der Waals surface area contributed by atoms with Crippen LogP contribution in [0.25, 0.3) is 0 Å². The molecule has 1 aliphatic rings. The van der Waals surface area contributed by atoms with E-state index in [2.05, 4.69) is 20.7 Å². The van der Waals surface area contributed by atoms with Crippen LogP contribution in [0.1, 0.15) is 12.0 Å². The summed E-state index contributed by atoms with van der Waals surface area (Å²) in [5, 5.41) is 8.68. The third kappa shape index (κ3) is 7.15. The standard InChI is InChI=1S/C17H23N3O4S/c1-24-17(23)10-19-15(21)8-12-2-4-13(5-3-12)20-16(22)9-14-11-25-7-6-18-14/h2-5,14,18H,6-11H2,1H3,(H,19,21)(H,20,22). The molecule has 1 unspecified atom stereocenters. The van der Waals surface area contributed by atoms with Gasteiger partial charge < -0.3 is 20.7 Å². The van der Waals surface area contributed by atoms with E-state index in [-0.39, 0.29) is 30.8 Å². The minimum absolute atomic E-state index is 0.0245. The molecule has 1 aromatic rings. The van der Waals surface area contributed by atoms with Crippen LogP contribution in [-0.4, -0.2) is 55.5 Å². The van der Waals surface area contributed by atoms with Gasteiger partial charge in [0, 0.05) is 36.2 Å². The molecule has 0 saturated carbocycles. The van der Waals surface area contributed by atoms with Crippen LogP contribution in [0.15, 0.2) is 24.3 Å². The lowest BCUT2D eigenvalue weighted by Crippen LogP contribution is -2.39. The fourth-order valence-electron chi connectivity index (χ4n) is 2.38. The lowest BCUT2D eigenvalue weighted by atomic mass is 10.1. The number of carbonyl (C=O) groups excluding carboxylic acids is 3. The molecule has 0 bridgehead atoms. The number of amides is 2. The highest BCUT2D eigenvalue weighted by Gasteiger charge is 2.16. The third-order valence-electron chi connectivity index (χ3n) is 3.69. The zero-order valence-corrected chi connectivity index (χ0v) is 15.0. The number of hydrogen-bond acceptors (Lipinski definition) is 6. The molecular formula is C17H23N3O4S. The predicted molar refractivity (Wildman–Crippen MR) is 97.5 cm³/mol. The van der Waals surface area contributed by atoms with Crippen molar-refractivity contribution in [1.82, 2.24) is 10.6 Å². The molecule has 7 nitrogen and oxygen atoms in total. The molecule has 8 heteroatoms. The quantitative estimate of drug-likeness (QED) is 0.611. The first-order valence-corrected chi connectivity index (χ1v) is 9.25. The number of hydrogen-bond donors (Lipinski definition) is 3. The number of esters is 1. The van der Waals surface area contributed by atoms with Crippen molar-refractivity contribution in [2.75, 3.05) is 37.0 Å². The molecule has 1 fully saturated rings. The van der Waals surface area contributed by atoms with Gasteiger partial charge in [-0.15, -0.1) is 0 Å². The maximum absolute atomic E-state index is 12.1. The fraction of sp³-hybridized carbons (Fsp3) is 0.471. The molecule has 3 N–H and O–H groups in total. The van der Waals surface area contributed by atoms with Crippen LogP contribution in [0.5, 0.6) is 0 Å². The van der Waals surface area contributed by atoms with Crippen LogP contribution in [-0.2, 0) is 25.5 Å². The van der Waals surface area contributed by atoms with Crippen molar-refractivity contribution in [3.05, 3.63) is 29.8 Å². The van der Waals surface area contributed by atoms with Crippen molar-refractivity contribution in [2.24, 2.45) is 0 Å². The first-order valence-electron chi connectivity index (χ1n) is 8.10. The second-order valence-electron chi connectivity index (χ2n) is 5.70. The fourth-order valence-corrected chi connectivity index (χ4v) is 3.33. The minimum Gasteiger partial charge on any atom is -0.468 e. The van der Waals surface area contributed by atoms with Crippen molar-refractivity contribution >= 4 is 35.2 Å². The second kappa shape index (κ2) is 10.0. The highest BCUT2D eigenvalue weighted by Crippen LogP contribution is 2.13. The third-order valence-corrected chi connectivity index (χ3v) is 4.82. The van der Waals surface area contributed by atoms with Crippen LogP contribution in [0.3, 0.4) is 0 Å². The summed E-state index contributed by atoms with van der Waals surface area (Å²) in [7, 11) is 1.27. The van der Waals surface area contributed by atoms with E-state index < -0.39 is 5.97 Å². The Labute approximate surface area is 151 Å². The number of ether oxygens (including phenoxy) is 1. The smallest absolute Gasteiger partial charge is 0.325 e. The van der Waals surface area contributed by atoms with E-state index in [1.807, 2.05) is 11.8 Å². The van der Waals surface area contributed by atoms with Gasteiger partial charge in [0.15, 0.2) is 0 Å². The number of nitrogens with one attached hydrogen (secondary N) is 3. The van der Waals surface area contributed by atoms with Crippen LogP contribution < -0.4 is 16.0 Å². The molecule has 1 saturated heterocycles. The molecule has 0 spiro atoms. The van der Waals surface area contributed by atoms with Gasteiger partial charge in [-0.25, -0.2) is 0 Å². The average Bonchev–Trinajstić information content (AvgIpc) is 2.62. The number of carbonyl (C=O) groups is 3. The molecule has 136 valence electrons. The van der Waals surface area contributed by atoms with Crippen molar-refractivity contribution in [2.45, 2.75) is 18.9 Å². The van der Waals surface area contributed by atoms with Crippen molar-refractivity contribution in [3.8, 4) is 0 Å². The van der Waals surface area contributed by atoms with E-state index in [0.717, 1.165) is 23.6 Å². The Hall–Kier alpha value is -2.06. The number of methoxy groups -OCH3 is 1. The summed E-state index contributed by atoms with van der Waals surface area (Å²) in [4.78, 5) is 34.7. The van der Waals surface area contributed by atoms with Gasteiger partial charge in [-0.1, -0.05) is 12.1 Å². The predicted octanol–water partition coefficient (Wildman–Crippen LogP) is 0.552. The normalized spacial score (nSPS) is 16.8. The van der Waals surface area contributed by atoms with Crippen LogP contribution >= 0.6 is 11.8 Å². The maximum Gasteiger partial charge on any atom is 0.325 e. The molecule has 1 heterocycles. The van der Waals surface area contributed by atoms with E-state index in [1.165, 1.54) is 7.11 Å². The monoisotopic (exact) mass is 365 g/mol. The van der Waals surface area contributed by atoms with Gasteiger partial charge in [-0.05, 0) is 17.7 Å². The number of thioether (sulfide) groups is 1. The van der Waals surface area contributed by atoms with Gasteiger partial charge in [0.2, 0.25) is 11.8 Å². The molecule has 2 amide bonds. The van der Waals surface area contributed by atoms with Crippen molar-refractivity contribution < 1.29 is 19.1 Å². The highest BCUT2D eigenvalue weighted by molar-refractivity contribution is 7.99. The van der Waals surface area contributed by atoms with Crippen molar-refractivity contribution in [1.29, 1.82) is 0 Å². The van der Waals surface area contributed by atoms with Crippen LogP contribution in [0.4, 0.5) is 5.69 Å². The van der Waals surface area contributed by atoms with Gasteiger partial charge >= 0.3 is 5.97 Å². The summed E-state index contributed by atoms with van der Waals surface area (Å²) < 4.78 is 4.46. The Balaban J connectivity index is 1.75. The number of rotatable bonds is 7. The maximum atomic E-state index is 12.1. The minimum atomic E-state index is -0.489. The van der Waals surface area contributed by atoms with E-state index in [1.54, 1.807) is 24.3 Å². The lowest BCUT2D eigenvalue weighted by molar-refractivity contribution is -0.141. The Bertz CT molecular complexity index is 600. The Morgan fingerprint density at radius 2 is 2.00 bits per heavy atom. The summed E-state index contributed by atoms with van der Waals surface area (Å²) in [5.41, 5.74) is 1.50. The van der Waals surface area contributed by atoms with E-state index in [0.29, 0.717) is 12.1 Å². The molecule has 1 atom stereocenters. The zero-order valence-electron chi connectivity index (χ0n) is 14.2. The average molecular weight is 365 g/mol.